The summed E-state index contributed by atoms with van der Waals surface area (Å²) in [7, 11) is 4.08. The van der Waals surface area contributed by atoms with E-state index in [-0.39, 0.29) is 11.3 Å². The summed E-state index contributed by atoms with van der Waals surface area (Å²) < 4.78 is 0. The van der Waals surface area contributed by atoms with E-state index in [1.165, 1.54) is 0 Å². The summed E-state index contributed by atoms with van der Waals surface area (Å²) in [5.41, 5.74) is 0.793. The van der Waals surface area contributed by atoms with Crippen LogP contribution in [-0.4, -0.2) is 38.0 Å². The Bertz CT molecular complexity index is 358. The molecule has 0 aliphatic heterocycles. The Hall–Kier alpha value is -1.35. The second-order valence-electron chi connectivity index (χ2n) is 5.45. The molecule has 17 heavy (non-hydrogen) atoms. The maximum absolute atomic E-state index is 11.9. The second-order valence-corrected chi connectivity index (χ2v) is 5.45. The fourth-order valence-electron chi connectivity index (χ4n) is 1.92. The molecule has 0 saturated heterocycles. The average Bonchev–Trinajstić information content (AvgIpc) is 2.25. The number of rotatable bonds is 5. The molecular formula is C14H22N2O. The third-order valence-electron chi connectivity index (χ3n) is 2.51. The van der Waals surface area contributed by atoms with Crippen molar-refractivity contribution in [3.8, 4) is 0 Å². The summed E-state index contributed by atoms with van der Waals surface area (Å²) in [6.07, 6.45) is 0. The van der Waals surface area contributed by atoms with Crippen LogP contribution in [0.5, 0.6) is 0 Å². The zero-order valence-electron chi connectivity index (χ0n) is 11.2. The van der Waals surface area contributed by atoms with Crippen LogP contribution in [-0.2, 0) is 0 Å². The van der Waals surface area contributed by atoms with Crippen molar-refractivity contribution in [2.75, 3.05) is 27.2 Å². The highest BCUT2D eigenvalue weighted by molar-refractivity contribution is 5.94. The molecule has 0 aromatic heterocycles. The standard InChI is InChI=1S/C14H22N2O/c1-14(2,11-16(3)4)10-15-13(17)12-8-6-5-7-9-12/h5-9H,10-11H2,1-4H3,(H,15,17). The lowest BCUT2D eigenvalue weighted by Crippen LogP contribution is -2.39. The molecular weight excluding hydrogens is 212 g/mol. The Morgan fingerprint density at radius 1 is 1.24 bits per heavy atom. The first-order chi connectivity index (χ1) is 7.91. The molecule has 1 amide bonds. The number of hydrogen-bond donors (Lipinski definition) is 1. The van der Waals surface area contributed by atoms with Gasteiger partial charge >= 0.3 is 0 Å². The van der Waals surface area contributed by atoms with Crippen molar-refractivity contribution in [3.05, 3.63) is 35.9 Å². The largest absolute Gasteiger partial charge is 0.351 e. The second kappa shape index (κ2) is 5.82. The number of benzene rings is 1. The van der Waals surface area contributed by atoms with Crippen molar-refractivity contribution in [3.63, 3.8) is 0 Å². The van der Waals surface area contributed by atoms with Gasteiger partial charge in [0.25, 0.3) is 5.91 Å². The van der Waals surface area contributed by atoms with Gasteiger partial charge < -0.3 is 10.2 Å². The van der Waals surface area contributed by atoms with Gasteiger partial charge in [-0.05, 0) is 31.6 Å². The summed E-state index contributed by atoms with van der Waals surface area (Å²) in [5, 5.41) is 2.98. The van der Waals surface area contributed by atoms with Gasteiger partial charge in [0.1, 0.15) is 0 Å². The predicted octanol–water partition coefficient (Wildman–Crippen LogP) is 2.00. The molecule has 3 heteroatoms. The maximum atomic E-state index is 11.9. The van der Waals surface area contributed by atoms with Crippen molar-refractivity contribution in [2.24, 2.45) is 5.41 Å². The molecule has 0 fully saturated rings. The highest BCUT2D eigenvalue weighted by Gasteiger charge is 2.19. The van der Waals surface area contributed by atoms with Gasteiger partial charge in [-0.15, -0.1) is 0 Å². The molecule has 1 N–H and O–H groups in total. The van der Waals surface area contributed by atoms with E-state index in [2.05, 4.69) is 24.1 Å². The minimum absolute atomic E-state index is 0.00238. The molecule has 0 aliphatic rings. The quantitative estimate of drug-likeness (QED) is 0.845. The lowest BCUT2D eigenvalue weighted by molar-refractivity contribution is 0.0929. The predicted molar refractivity (Wildman–Crippen MR) is 71.1 cm³/mol. The molecule has 0 unspecified atom stereocenters. The molecule has 0 radical (unpaired) electrons. The summed E-state index contributed by atoms with van der Waals surface area (Å²) in [6, 6.07) is 9.31. The van der Waals surface area contributed by atoms with Crippen LogP contribution in [0.3, 0.4) is 0 Å². The Morgan fingerprint density at radius 2 is 1.82 bits per heavy atom. The average molecular weight is 234 g/mol. The topological polar surface area (TPSA) is 32.3 Å². The van der Waals surface area contributed by atoms with E-state index in [0.717, 1.165) is 6.54 Å². The third kappa shape index (κ3) is 5.00. The first-order valence-electron chi connectivity index (χ1n) is 5.89. The zero-order valence-corrected chi connectivity index (χ0v) is 11.2. The van der Waals surface area contributed by atoms with Crippen LogP contribution in [0.4, 0.5) is 0 Å². The molecule has 1 aromatic rings. The fourth-order valence-corrected chi connectivity index (χ4v) is 1.92. The van der Waals surface area contributed by atoms with Crippen LogP contribution in [0.2, 0.25) is 0 Å². The number of nitrogens with zero attached hydrogens (tertiary/aromatic N) is 1. The number of nitrogens with one attached hydrogen (secondary N) is 1. The molecule has 94 valence electrons. The van der Waals surface area contributed by atoms with Gasteiger partial charge in [-0.3, -0.25) is 4.79 Å². The van der Waals surface area contributed by atoms with Gasteiger partial charge in [-0.1, -0.05) is 32.0 Å². The third-order valence-corrected chi connectivity index (χ3v) is 2.51. The van der Waals surface area contributed by atoms with Crippen molar-refractivity contribution < 1.29 is 4.79 Å². The SMILES string of the molecule is CN(C)CC(C)(C)CNC(=O)c1ccccc1. The molecule has 1 rings (SSSR count). The summed E-state index contributed by atoms with van der Waals surface area (Å²) in [4.78, 5) is 14.0. The lowest BCUT2D eigenvalue weighted by Gasteiger charge is -2.28. The van der Waals surface area contributed by atoms with E-state index in [9.17, 15) is 4.79 Å². The maximum Gasteiger partial charge on any atom is 0.251 e. The molecule has 0 bridgehead atoms. The summed E-state index contributed by atoms with van der Waals surface area (Å²) in [6.45, 7) is 5.93. The molecule has 0 saturated carbocycles. The van der Waals surface area contributed by atoms with Crippen LogP contribution < -0.4 is 5.32 Å². The van der Waals surface area contributed by atoms with Crippen molar-refractivity contribution in [2.45, 2.75) is 13.8 Å². The van der Waals surface area contributed by atoms with Gasteiger partial charge in [0, 0.05) is 18.7 Å². The molecule has 0 aliphatic carbocycles. The number of hydrogen-bond acceptors (Lipinski definition) is 2. The van der Waals surface area contributed by atoms with Crippen LogP contribution in [0.15, 0.2) is 30.3 Å². The van der Waals surface area contributed by atoms with E-state index in [4.69, 9.17) is 0 Å². The van der Waals surface area contributed by atoms with Crippen molar-refractivity contribution >= 4 is 5.91 Å². The zero-order chi connectivity index (χ0) is 12.9. The lowest BCUT2D eigenvalue weighted by atomic mass is 9.93. The molecule has 1 aromatic carbocycles. The highest BCUT2D eigenvalue weighted by Crippen LogP contribution is 2.14. The van der Waals surface area contributed by atoms with Gasteiger partial charge in [0.05, 0.1) is 0 Å². The van der Waals surface area contributed by atoms with E-state index >= 15 is 0 Å². The van der Waals surface area contributed by atoms with E-state index in [1.54, 1.807) is 0 Å². The Morgan fingerprint density at radius 3 is 2.35 bits per heavy atom. The molecule has 0 atom stereocenters. The fraction of sp³-hybridized carbons (Fsp3) is 0.500. The van der Waals surface area contributed by atoms with Gasteiger partial charge in [0.15, 0.2) is 0 Å². The van der Waals surface area contributed by atoms with Gasteiger partial charge in [-0.2, -0.15) is 0 Å². The normalized spacial score (nSPS) is 11.6. The minimum atomic E-state index is -0.00238. The Kier molecular flexibility index (Phi) is 4.70. The van der Waals surface area contributed by atoms with Crippen LogP contribution in [0, 0.1) is 5.41 Å². The molecule has 0 heterocycles. The first-order valence-corrected chi connectivity index (χ1v) is 5.89. The minimum Gasteiger partial charge on any atom is -0.351 e. The first kappa shape index (κ1) is 13.7. The highest BCUT2D eigenvalue weighted by atomic mass is 16.1. The molecule has 3 nitrogen and oxygen atoms in total. The number of amides is 1. The number of carbonyl (C=O) groups excluding carboxylic acids is 1. The van der Waals surface area contributed by atoms with Gasteiger partial charge in [-0.25, -0.2) is 0 Å². The van der Waals surface area contributed by atoms with Crippen LogP contribution in [0.1, 0.15) is 24.2 Å². The monoisotopic (exact) mass is 234 g/mol. The van der Waals surface area contributed by atoms with Crippen LogP contribution in [0.25, 0.3) is 0 Å². The smallest absolute Gasteiger partial charge is 0.251 e. The van der Waals surface area contributed by atoms with E-state index < -0.39 is 0 Å². The van der Waals surface area contributed by atoms with Crippen molar-refractivity contribution in [1.82, 2.24) is 10.2 Å². The Labute approximate surface area is 104 Å². The van der Waals surface area contributed by atoms with Crippen molar-refractivity contribution in [1.29, 1.82) is 0 Å². The number of carbonyl (C=O) groups is 1. The van der Waals surface area contributed by atoms with E-state index in [0.29, 0.717) is 12.1 Å². The van der Waals surface area contributed by atoms with E-state index in [1.807, 2.05) is 44.4 Å². The van der Waals surface area contributed by atoms with Gasteiger partial charge in [0.2, 0.25) is 0 Å². The van der Waals surface area contributed by atoms with Crippen LogP contribution >= 0.6 is 0 Å². The molecule has 0 spiro atoms. The Balaban J connectivity index is 2.48. The summed E-state index contributed by atoms with van der Waals surface area (Å²) in [5.74, 6) is -0.00238. The summed E-state index contributed by atoms with van der Waals surface area (Å²) >= 11 is 0.